The highest BCUT2D eigenvalue weighted by molar-refractivity contribution is 5.95. The molecule has 19 heavy (non-hydrogen) atoms. The summed E-state index contributed by atoms with van der Waals surface area (Å²) in [5.74, 6) is -0.549. The van der Waals surface area contributed by atoms with Crippen LogP contribution in [0.15, 0.2) is 36.5 Å². The van der Waals surface area contributed by atoms with Crippen molar-refractivity contribution in [2.75, 3.05) is 5.73 Å². The van der Waals surface area contributed by atoms with Gasteiger partial charge in [0.25, 0.3) is 5.91 Å². The molecule has 0 spiro atoms. The Morgan fingerprint density at radius 3 is 2.74 bits per heavy atom. The second kappa shape index (κ2) is 5.48. The van der Waals surface area contributed by atoms with E-state index < -0.39 is 0 Å². The fourth-order valence-corrected chi connectivity index (χ4v) is 1.66. The quantitative estimate of drug-likeness (QED) is 0.886. The lowest BCUT2D eigenvalue weighted by atomic mass is 10.1. The largest absolute Gasteiger partial charge is 0.397 e. The number of nitrogens with two attached hydrogens (primary N) is 1. The number of rotatable bonds is 3. The molecule has 98 valence electrons. The molecule has 0 unspecified atom stereocenters. The molecule has 0 fully saturated rings. The Balaban J connectivity index is 2.05. The molecule has 2 aromatic rings. The molecule has 3 N–H and O–H groups in total. The standard InChI is InChI=1S/C14H14FN3O/c1-9-13(6-12(16)8-17-9)14(19)18-7-10-2-4-11(15)5-3-10/h2-6,8H,7,16H2,1H3,(H,18,19). The van der Waals surface area contributed by atoms with Crippen LogP contribution < -0.4 is 11.1 Å². The van der Waals surface area contributed by atoms with Crippen molar-refractivity contribution in [2.24, 2.45) is 0 Å². The molecule has 1 heterocycles. The van der Waals surface area contributed by atoms with Gasteiger partial charge in [0, 0.05) is 6.54 Å². The minimum Gasteiger partial charge on any atom is -0.397 e. The fourth-order valence-electron chi connectivity index (χ4n) is 1.66. The van der Waals surface area contributed by atoms with E-state index in [-0.39, 0.29) is 11.7 Å². The van der Waals surface area contributed by atoms with E-state index in [2.05, 4.69) is 10.3 Å². The van der Waals surface area contributed by atoms with Gasteiger partial charge in [-0.25, -0.2) is 4.39 Å². The zero-order valence-electron chi connectivity index (χ0n) is 10.5. The predicted molar refractivity (Wildman–Crippen MR) is 71.0 cm³/mol. The highest BCUT2D eigenvalue weighted by Crippen LogP contribution is 2.10. The zero-order valence-corrected chi connectivity index (χ0v) is 10.5. The van der Waals surface area contributed by atoms with Crippen molar-refractivity contribution in [3.8, 4) is 0 Å². The number of nitrogens with zero attached hydrogens (tertiary/aromatic N) is 1. The number of nitrogen functional groups attached to an aromatic ring is 1. The number of anilines is 1. The van der Waals surface area contributed by atoms with Gasteiger partial charge in [-0.2, -0.15) is 0 Å². The van der Waals surface area contributed by atoms with E-state index in [0.29, 0.717) is 23.5 Å². The molecule has 0 aliphatic carbocycles. The summed E-state index contributed by atoms with van der Waals surface area (Å²) in [6.07, 6.45) is 1.51. The monoisotopic (exact) mass is 259 g/mol. The Morgan fingerprint density at radius 2 is 2.05 bits per heavy atom. The van der Waals surface area contributed by atoms with E-state index in [9.17, 15) is 9.18 Å². The summed E-state index contributed by atoms with van der Waals surface area (Å²) in [6, 6.07) is 7.55. The van der Waals surface area contributed by atoms with Crippen molar-refractivity contribution in [3.05, 3.63) is 59.2 Å². The highest BCUT2D eigenvalue weighted by atomic mass is 19.1. The van der Waals surface area contributed by atoms with Crippen LogP contribution in [0, 0.1) is 12.7 Å². The summed E-state index contributed by atoms with van der Waals surface area (Å²) in [6.45, 7) is 2.07. The van der Waals surface area contributed by atoms with E-state index in [0.717, 1.165) is 5.56 Å². The van der Waals surface area contributed by atoms with Crippen LogP contribution in [0.4, 0.5) is 10.1 Å². The van der Waals surface area contributed by atoms with Crippen LogP contribution in [0.2, 0.25) is 0 Å². The molecular weight excluding hydrogens is 245 g/mol. The molecule has 5 heteroatoms. The van der Waals surface area contributed by atoms with Gasteiger partial charge in [-0.05, 0) is 30.7 Å². The van der Waals surface area contributed by atoms with E-state index in [1.54, 1.807) is 25.1 Å². The predicted octanol–water partition coefficient (Wildman–Crippen LogP) is 2.04. The molecule has 0 saturated carbocycles. The normalized spacial score (nSPS) is 10.2. The Bertz CT molecular complexity index is 596. The zero-order chi connectivity index (χ0) is 13.8. The summed E-state index contributed by atoms with van der Waals surface area (Å²) < 4.78 is 12.7. The summed E-state index contributed by atoms with van der Waals surface area (Å²) in [5, 5.41) is 2.75. The first-order valence-corrected chi connectivity index (χ1v) is 5.81. The molecule has 0 aliphatic heterocycles. The molecule has 2 rings (SSSR count). The molecule has 0 atom stereocenters. The fraction of sp³-hybridized carbons (Fsp3) is 0.143. The highest BCUT2D eigenvalue weighted by Gasteiger charge is 2.10. The van der Waals surface area contributed by atoms with Crippen molar-refractivity contribution in [1.29, 1.82) is 0 Å². The number of hydrogen-bond donors (Lipinski definition) is 2. The summed E-state index contributed by atoms with van der Waals surface area (Å²) in [5.41, 5.74) is 7.93. The first kappa shape index (κ1) is 13.0. The number of aryl methyl sites for hydroxylation is 1. The van der Waals surface area contributed by atoms with Gasteiger partial charge in [-0.3, -0.25) is 9.78 Å². The molecule has 0 aliphatic rings. The topological polar surface area (TPSA) is 68.0 Å². The average Bonchev–Trinajstić information content (AvgIpc) is 2.40. The molecule has 0 bridgehead atoms. The SMILES string of the molecule is Cc1ncc(N)cc1C(=O)NCc1ccc(F)cc1. The number of carbonyl (C=O) groups excluding carboxylic acids is 1. The van der Waals surface area contributed by atoms with Crippen LogP contribution in [-0.4, -0.2) is 10.9 Å². The Labute approximate surface area is 110 Å². The lowest BCUT2D eigenvalue weighted by molar-refractivity contribution is 0.0950. The number of hydrogen-bond acceptors (Lipinski definition) is 3. The number of amides is 1. The van der Waals surface area contributed by atoms with E-state index >= 15 is 0 Å². The maximum absolute atomic E-state index is 12.7. The number of pyridine rings is 1. The molecule has 0 saturated heterocycles. The lowest BCUT2D eigenvalue weighted by Gasteiger charge is -2.08. The summed E-state index contributed by atoms with van der Waals surface area (Å²) in [7, 11) is 0. The lowest BCUT2D eigenvalue weighted by Crippen LogP contribution is -2.24. The van der Waals surface area contributed by atoms with Crippen molar-refractivity contribution in [3.63, 3.8) is 0 Å². The van der Waals surface area contributed by atoms with E-state index in [4.69, 9.17) is 5.73 Å². The number of nitrogens with one attached hydrogen (secondary N) is 1. The van der Waals surface area contributed by atoms with Crippen LogP contribution in [0.1, 0.15) is 21.6 Å². The van der Waals surface area contributed by atoms with Crippen LogP contribution >= 0.6 is 0 Å². The van der Waals surface area contributed by atoms with Crippen molar-refractivity contribution in [2.45, 2.75) is 13.5 Å². The second-order valence-corrected chi connectivity index (χ2v) is 4.21. The number of aromatic nitrogens is 1. The Hall–Kier alpha value is -2.43. The van der Waals surface area contributed by atoms with E-state index in [1.165, 1.54) is 18.3 Å². The molecule has 0 radical (unpaired) electrons. The van der Waals surface area contributed by atoms with Gasteiger partial charge in [0.2, 0.25) is 0 Å². The van der Waals surface area contributed by atoms with Crippen LogP contribution in [0.25, 0.3) is 0 Å². The van der Waals surface area contributed by atoms with Crippen LogP contribution in [0.5, 0.6) is 0 Å². The smallest absolute Gasteiger partial charge is 0.253 e. The average molecular weight is 259 g/mol. The second-order valence-electron chi connectivity index (χ2n) is 4.21. The minimum absolute atomic E-state index is 0.248. The number of carbonyl (C=O) groups is 1. The first-order chi connectivity index (χ1) is 9.06. The molecule has 1 amide bonds. The van der Waals surface area contributed by atoms with Crippen LogP contribution in [-0.2, 0) is 6.54 Å². The molecular formula is C14H14FN3O. The maximum Gasteiger partial charge on any atom is 0.253 e. The third-order valence-corrected chi connectivity index (χ3v) is 2.72. The van der Waals surface area contributed by atoms with Gasteiger partial charge in [0.15, 0.2) is 0 Å². The van der Waals surface area contributed by atoms with Gasteiger partial charge in [-0.1, -0.05) is 12.1 Å². The van der Waals surface area contributed by atoms with Crippen LogP contribution in [0.3, 0.4) is 0 Å². The van der Waals surface area contributed by atoms with Gasteiger partial charge < -0.3 is 11.1 Å². The Morgan fingerprint density at radius 1 is 1.37 bits per heavy atom. The first-order valence-electron chi connectivity index (χ1n) is 5.81. The molecule has 4 nitrogen and oxygen atoms in total. The van der Waals surface area contributed by atoms with Crippen molar-refractivity contribution in [1.82, 2.24) is 10.3 Å². The summed E-state index contributed by atoms with van der Waals surface area (Å²) >= 11 is 0. The number of benzene rings is 1. The summed E-state index contributed by atoms with van der Waals surface area (Å²) in [4.78, 5) is 16.0. The minimum atomic E-state index is -0.300. The Kier molecular flexibility index (Phi) is 3.75. The van der Waals surface area contributed by atoms with E-state index in [1.807, 2.05) is 0 Å². The molecule has 1 aromatic heterocycles. The number of halogens is 1. The van der Waals surface area contributed by atoms with Gasteiger partial charge in [-0.15, -0.1) is 0 Å². The third kappa shape index (κ3) is 3.28. The molecule has 1 aromatic carbocycles. The maximum atomic E-state index is 12.7. The van der Waals surface area contributed by atoms with Crippen molar-refractivity contribution >= 4 is 11.6 Å². The van der Waals surface area contributed by atoms with Gasteiger partial charge in [0.1, 0.15) is 5.82 Å². The van der Waals surface area contributed by atoms with Gasteiger partial charge in [0.05, 0.1) is 23.1 Å². The van der Waals surface area contributed by atoms with Gasteiger partial charge >= 0.3 is 0 Å². The van der Waals surface area contributed by atoms with Crippen molar-refractivity contribution < 1.29 is 9.18 Å². The third-order valence-electron chi connectivity index (χ3n) is 2.72.